The number of carbonyl (C=O) groups is 1. The van der Waals surface area contributed by atoms with E-state index in [1.165, 1.54) is 25.7 Å². The highest BCUT2D eigenvalue weighted by Crippen LogP contribution is 2.24. The van der Waals surface area contributed by atoms with Crippen LogP contribution < -0.4 is 15.8 Å². The quantitative estimate of drug-likeness (QED) is 0.661. The van der Waals surface area contributed by atoms with Gasteiger partial charge in [0.15, 0.2) is 6.61 Å². The zero-order valence-corrected chi connectivity index (χ0v) is 13.1. The van der Waals surface area contributed by atoms with Gasteiger partial charge >= 0.3 is 0 Å². The number of nitrogen functional groups attached to an aromatic ring is 1. The molecule has 1 aromatic carbocycles. The summed E-state index contributed by atoms with van der Waals surface area (Å²) >= 11 is 0. The van der Waals surface area contributed by atoms with Crippen molar-refractivity contribution in [2.45, 2.75) is 58.4 Å². The molecular weight excluding hydrogens is 264 g/mol. The number of anilines is 1. The lowest BCUT2D eigenvalue weighted by molar-refractivity contribution is -0.123. The highest BCUT2D eigenvalue weighted by molar-refractivity contribution is 5.78. The van der Waals surface area contributed by atoms with Crippen molar-refractivity contribution in [3.8, 4) is 5.75 Å². The zero-order valence-electron chi connectivity index (χ0n) is 13.1. The van der Waals surface area contributed by atoms with E-state index >= 15 is 0 Å². The van der Waals surface area contributed by atoms with Gasteiger partial charge in [-0.1, -0.05) is 25.7 Å². The van der Waals surface area contributed by atoms with Crippen LogP contribution in [0.2, 0.25) is 0 Å². The molecule has 0 aromatic heterocycles. The first-order valence-corrected chi connectivity index (χ1v) is 7.85. The van der Waals surface area contributed by atoms with Crippen molar-refractivity contribution in [1.29, 1.82) is 0 Å². The van der Waals surface area contributed by atoms with Crippen molar-refractivity contribution in [2.24, 2.45) is 0 Å². The summed E-state index contributed by atoms with van der Waals surface area (Å²) in [5, 5.41) is 3.09. The van der Waals surface area contributed by atoms with Crippen molar-refractivity contribution in [3.63, 3.8) is 0 Å². The third-order valence-corrected chi connectivity index (χ3v) is 4.14. The van der Waals surface area contributed by atoms with Gasteiger partial charge in [0.2, 0.25) is 0 Å². The van der Waals surface area contributed by atoms with E-state index in [0.717, 1.165) is 35.4 Å². The topological polar surface area (TPSA) is 64.3 Å². The summed E-state index contributed by atoms with van der Waals surface area (Å²) in [4.78, 5) is 12.0. The van der Waals surface area contributed by atoms with Crippen LogP contribution in [0.5, 0.6) is 5.75 Å². The predicted molar refractivity (Wildman–Crippen MR) is 85.5 cm³/mol. The van der Waals surface area contributed by atoms with Gasteiger partial charge in [-0.3, -0.25) is 4.79 Å². The number of aryl methyl sites for hydroxylation is 2. The van der Waals surface area contributed by atoms with Gasteiger partial charge in [-0.05, 0) is 49.9 Å². The van der Waals surface area contributed by atoms with Crippen molar-refractivity contribution in [1.82, 2.24) is 5.32 Å². The molecule has 0 aliphatic heterocycles. The third-order valence-electron chi connectivity index (χ3n) is 4.14. The maximum Gasteiger partial charge on any atom is 0.258 e. The van der Waals surface area contributed by atoms with Gasteiger partial charge in [-0.2, -0.15) is 0 Å². The minimum absolute atomic E-state index is 0.0317. The molecule has 1 saturated carbocycles. The van der Waals surface area contributed by atoms with Crippen LogP contribution in [0.15, 0.2) is 12.1 Å². The lowest BCUT2D eigenvalue weighted by Crippen LogP contribution is -2.37. The van der Waals surface area contributed by atoms with E-state index in [9.17, 15) is 4.79 Å². The first-order chi connectivity index (χ1) is 10.1. The number of hydrogen-bond donors (Lipinski definition) is 2. The van der Waals surface area contributed by atoms with E-state index in [0.29, 0.717) is 6.04 Å². The molecule has 2 rings (SSSR count). The number of rotatable bonds is 4. The molecule has 1 aliphatic carbocycles. The number of amides is 1. The van der Waals surface area contributed by atoms with Crippen molar-refractivity contribution >= 4 is 11.6 Å². The highest BCUT2D eigenvalue weighted by Gasteiger charge is 2.15. The smallest absolute Gasteiger partial charge is 0.258 e. The van der Waals surface area contributed by atoms with Crippen LogP contribution >= 0.6 is 0 Å². The van der Waals surface area contributed by atoms with Crippen LogP contribution in [0, 0.1) is 13.8 Å². The fraction of sp³-hybridized carbons (Fsp3) is 0.588. The summed E-state index contributed by atoms with van der Waals surface area (Å²) in [5.41, 5.74) is 8.53. The number of benzene rings is 1. The Morgan fingerprint density at radius 2 is 1.86 bits per heavy atom. The van der Waals surface area contributed by atoms with Gasteiger partial charge in [0.05, 0.1) is 0 Å². The van der Waals surface area contributed by atoms with E-state index in [1.807, 2.05) is 26.0 Å². The molecule has 0 spiro atoms. The second kappa shape index (κ2) is 7.34. The Morgan fingerprint density at radius 3 is 2.52 bits per heavy atom. The molecule has 0 heterocycles. The standard InChI is InChI=1S/C17H26N2O2/c1-12-10-16(13(2)9-15(12)18)21-11-17(20)19-14-7-5-3-4-6-8-14/h9-10,14H,3-8,11,18H2,1-2H3,(H,19,20). The molecule has 4 nitrogen and oxygen atoms in total. The van der Waals surface area contributed by atoms with E-state index in [4.69, 9.17) is 10.5 Å². The monoisotopic (exact) mass is 290 g/mol. The molecule has 1 aliphatic rings. The molecule has 1 fully saturated rings. The number of hydrogen-bond acceptors (Lipinski definition) is 3. The van der Waals surface area contributed by atoms with Crippen molar-refractivity contribution in [3.05, 3.63) is 23.3 Å². The molecule has 4 heteroatoms. The van der Waals surface area contributed by atoms with Crippen molar-refractivity contribution in [2.75, 3.05) is 12.3 Å². The van der Waals surface area contributed by atoms with E-state index in [2.05, 4.69) is 5.32 Å². The predicted octanol–water partition coefficient (Wildman–Crippen LogP) is 3.10. The number of carbonyl (C=O) groups excluding carboxylic acids is 1. The molecule has 1 aromatic rings. The summed E-state index contributed by atoms with van der Waals surface area (Å²) in [6.45, 7) is 3.95. The Labute approximate surface area is 127 Å². The maximum absolute atomic E-state index is 12.0. The lowest BCUT2D eigenvalue weighted by Gasteiger charge is -2.17. The van der Waals surface area contributed by atoms with Crippen LogP contribution in [0.3, 0.4) is 0 Å². The molecule has 0 saturated heterocycles. The van der Waals surface area contributed by atoms with Gasteiger partial charge in [-0.25, -0.2) is 0 Å². The molecule has 21 heavy (non-hydrogen) atoms. The molecular formula is C17H26N2O2. The Bertz CT molecular complexity index is 492. The third kappa shape index (κ3) is 4.66. The van der Waals surface area contributed by atoms with Gasteiger partial charge in [0.25, 0.3) is 5.91 Å². The molecule has 3 N–H and O–H groups in total. The van der Waals surface area contributed by atoms with Crippen molar-refractivity contribution < 1.29 is 9.53 Å². The summed E-state index contributed by atoms with van der Waals surface area (Å²) in [6.07, 6.45) is 7.17. The summed E-state index contributed by atoms with van der Waals surface area (Å²) < 4.78 is 5.64. The van der Waals surface area contributed by atoms with Gasteiger partial charge in [0, 0.05) is 11.7 Å². The Kier molecular flexibility index (Phi) is 5.48. The summed E-state index contributed by atoms with van der Waals surface area (Å²) in [6, 6.07) is 4.09. The van der Waals surface area contributed by atoms with Crippen LogP contribution in [0.4, 0.5) is 5.69 Å². The molecule has 0 unspecified atom stereocenters. The van der Waals surface area contributed by atoms with Crippen LogP contribution in [-0.2, 0) is 4.79 Å². The average molecular weight is 290 g/mol. The fourth-order valence-electron chi connectivity index (χ4n) is 2.80. The molecule has 1 amide bonds. The van der Waals surface area contributed by atoms with E-state index in [-0.39, 0.29) is 12.5 Å². The number of ether oxygens (including phenoxy) is 1. The maximum atomic E-state index is 12.0. The van der Waals surface area contributed by atoms with E-state index < -0.39 is 0 Å². The fourth-order valence-corrected chi connectivity index (χ4v) is 2.80. The second-order valence-corrected chi connectivity index (χ2v) is 6.02. The lowest BCUT2D eigenvalue weighted by atomic mass is 10.1. The highest BCUT2D eigenvalue weighted by atomic mass is 16.5. The van der Waals surface area contributed by atoms with Gasteiger partial charge in [0.1, 0.15) is 5.75 Å². The Hall–Kier alpha value is -1.71. The number of nitrogens with one attached hydrogen (secondary N) is 1. The van der Waals surface area contributed by atoms with Gasteiger partial charge < -0.3 is 15.8 Å². The summed E-state index contributed by atoms with van der Waals surface area (Å²) in [7, 11) is 0. The first-order valence-electron chi connectivity index (χ1n) is 7.85. The van der Waals surface area contributed by atoms with E-state index in [1.54, 1.807) is 0 Å². The largest absolute Gasteiger partial charge is 0.483 e. The first kappa shape index (κ1) is 15.7. The normalized spacial score (nSPS) is 16.3. The molecule has 0 radical (unpaired) electrons. The minimum Gasteiger partial charge on any atom is -0.483 e. The SMILES string of the molecule is Cc1cc(OCC(=O)NC2CCCCCC2)c(C)cc1N. The minimum atomic E-state index is -0.0317. The molecule has 0 atom stereocenters. The molecule has 116 valence electrons. The number of nitrogens with two attached hydrogens (primary N) is 1. The van der Waals surface area contributed by atoms with Crippen LogP contribution in [-0.4, -0.2) is 18.6 Å². The van der Waals surface area contributed by atoms with Crippen LogP contribution in [0.25, 0.3) is 0 Å². The Morgan fingerprint density at radius 1 is 1.19 bits per heavy atom. The second-order valence-electron chi connectivity index (χ2n) is 6.02. The zero-order chi connectivity index (χ0) is 15.2. The van der Waals surface area contributed by atoms with Crippen LogP contribution in [0.1, 0.15) is 49.7 Å². The molecule has 0 bridgehead atoms. The Balaban J connectivity index is 1.84. The summed E-state index contributed by atoms with van der Waals surface area (Å²) in [5.74, 6) is 0.702. The van der Waals surface area contributed by atoms with Gasteiger partial charge in [-0.15, -0.1) is 0 Å². The average Bonchev–Trinajstić information content (AvgIpc) is 2.70.